The van der Waals surface area contributed by atoms with Crippen LogP contribution in [-0.4, -0.2) is 18.0 Å². The van der Waals surface area contributed by atoms with Crippen LogP contribution in [0.25, 0.3) is 0 Å². The number of rotatable bonds is 3. The van der Waals surface area contributed by atoms with Crippen LogP contribution in [0.1, 0.15) is 69.8 Å². The highest BCUT2D eigenvalue weighted by Crippen LogP contribution is 2.65. The summed E-state index contributed by atoms with van der Waals surface area (Å²) in [5.74, 6) is 1.84. The molecule has 26 heavy (non-hydrogen) atoms. The van der Waals surface area contributed by atoms with Crippen molar-refractivity contribution < 1.29 is 4.79 Å². The molecule has 6 rings (SSSR count). The number of carbonyl (C=O) groups is 1. The summed E-state index contributed by atoms with van der Waals surface area (Å²) in [5, 5.41) is 3.47. The van der Waals surface area contributed by atoms with Crippen molar-refractivity contribution in [2.75, 3.05) is 0 Å². The second kappa shape index (κ2) is 6.09. The SMILES string of the molecule is N[C@H]1CC[C@H](NC(=O)C23CC4CC(C2)CC(c2ccccc2)(C4)C3)CC1. The molecule has 5 saturated carbocycles. The summed E-state index contributed by atoms with van der Waals surface area (Å²) in [6.45, 7) is 0. The quantitative estimate of drug-likeness (QED) is 0.866. The van der Waals surface area contributed by atoms with Crippen LogP contribution in [-0.2, 0) is 10.2 Å². The molecule has 1 amide bonds. The molecule has 0 aromatic heterocycles. The van der Waals surface area contributed by atoms with Crippen molar-refractivity contribution >= 4 is 5.91 Å². The minimum absolute atomic E-state index is 0.112. The van der Waals surface area contributed by atoms with E-state index in [2.05, 4.69) is 35.6 Å². The maximum Gasteiger partial charge on any atom is 0.226 e. The van der Waals surface area contributed by atoms with Crippen molar-refractivity contribution in [2.24, 2.45) is 23.0 Å². The van der Waals surface area contributed by atoms with E-state index in [0.29, 0.717) is 18.0 Å². The molecular weight excluding hydrogens is 320 g/mol. The fourth-order valence-corrected chi connectivity index (χ4v) is 7.26. The Balaban J connectivity index is 1.39. The van der Waals surface area contributed by atoms with E-state index >= 15 is 0 Å². The van der Waals surface area contributed by atoms with E-state index < -0.39 is 0 Å². The lowest BCUT2D eigenvalue weighted by atomic mass is 9.42. The van der Waals surface area contributed by atoms with Crippen LogP contribution in [0, 0.1) is 17.3 Å². The lowest BCUT2D eigenvalue weighted by Gasteiger charge is -2.61. The molecule has 5 fully saturated rings. The number of carbonyl (C=O) groups excluding carboxylic acids is 1. The second-order valence-corrected chi connectivity index (χ2v) is 9.97. The van der Waals surface area contributed by atoms with Crippen molar-refractivity contribution in [3.05, 3.63) is 35.9 Å². The molecule has 1 aromatic rings. The molecule has 4 bridgehead atoms. The van der Waals surface area contributed by atoms with Gasteiger partial charge in [0.2, 0.25) is 5.91 Å². The van der Waals surface area contributed by atoms with Gasteiger partial charge in [0.1, 0.15) is 0 Å². The van der Waals surface area contributed by atoms with Gasteiger partial charge in [-0.2, -0.15) is 0 Å². The molecule has 5 aliphatic carbocycles. The Labute approximate surface area is 157 Å². The predicted molar refractivity (Wildman–Crippen MR) is 104 cm³/mol. The standard InChI is InChI=1S/C23H32N2O/c24-19-6-8-20(9-7-19)25-21(26)23-13-16-10-17(14-23)12-22(11-16,15-23)18-4-2-1-3-5-18/h1-5,16-17,19-20H,6-15,24H2,(H,25,26)/t16?,17?,19-,20-,22?,23?. The van der Waals surface area contributed by atoms with Gasteiger partial charge in [-0.25, -0.2) is 0 Å². The van der Waals surface area contributed by atoms with Gasteiger partial charge in [0.05, 0.1) is 5.41 Å². The predicted octanol–water partition coefficient (Wildman–Crippen LogP) is 3.91. The third-order valence-electron chi connectivity index (χ3n) is 8.04. The van der Waals surface area contributed by atoms with Crippen LogP contribution in [0.3, 0.4) is 0 Å². The Kier molecular flexibility index (Phi) is 3.93. The van der Waals surface area contributed by atoms with Crippen molar-refractivity contribution in [1.82, 2.24) is 5.32 Å². The highest BCUT2D eigenvalue weighted by molar-refractivity contribution is 5.83. The molecule has 140 valence electrons. The van der Waals surface area contributed by atoms with Crippen LogP contribution in [0.5, 0.6) is 0 Å². The summed E-state index contributed by atoms with van der Waals surface area (Å²) in [6, 6.07) is 11.8. The molecule has 2 unspecified atom stereocenters. The monoisotopic (exact) mass is 352 g/mol. The van der Waals surface area contributed by atoms with E-state index in [9.17, 15) is 4.79 Å². The molecule has 3 nitrogen and oxygen atoms in total. The molecule has 0 radical (unpaired) electrons. The van der Waals surface area contributed by atoms with Crippen LogP contribution in [0.15, 0.2) is 30.3 Å². The largest absolute Gasteiger partial charge is 0.353 e. The highest BCUT2D eigenvalue weighted by atomic mass is 16.2. The zero-order valence-corrected chi connectivity index (χ0v) is 15.8. The first-order valence-corrected chi connectivity index (χ1v) is 10.7. The molecule has 1 aromatic carbocycles. The van der Waals surface area contributed by atoms with Gasteiger partial charge in [-0.15, -0.1) is 0 Å². The maximum atomic E-state index is 13.5. The van der Waals surface area contributed by atoms with Gasteiger partial charge in [-0.05, 0) is 87.0 Å². The second-order valence-electron chi connectivity index (χ2n) is 9.97. The van der Waals surface area contributed by atoms with Crippen LogP contribution in [0.2, 0.25) is 0 Å². The van der Waals surface area contributed by atoms with Crippen molar-refractivity contribution in [3.8, 4) is 0 Å². The minimum Gasteiger partial charge on any atom is -0.353 e. The highest BCUT2D eigenvalue weighted by Gasteiger charge is 2.61. The number of benzene rings is 1. The summed E-state index contributed by atoms with van der Waals surface area (Å²) in [6.07, 6.45) is 11.5. The molecule has 2 atom stereocenters. The van der Waals surface area contributed by atoms with Crippen molar-refractivity contribution in [1.29, 1.82) is 0 Å². The molecular formula is C23H32N2O. The zero-order chi connectivity index (χ0) is 17.8. The number of nitrogens with two attached hydrogens (primary N) is 1. The maximum absolute atomic E-state index is 13.5. The summed E-state index contributed by atoms with van der Waals surface area (Å²) in [4.78, 5) is 13.5. The normalized spacial score (nSPS) is 44.0. The van der Waals surface area contributed by atoms with Crippen molar-refractivity contribution in [2.45, 2.75) is 81.7 Å². The van der Waals surface area contributed by atoms with E-state index in [1.807, 2.05) is 0 Å². The minimum atomic E-state index is -0.112. The zero-order valence-electron chi connectivity index (χ0n) is 15.8. The lowest BCUT2D eigenvalue weighted by Crippen LogP contribution is -2.60. The van der Waals surface area contributed by atoms with Gasteiger partial charge in [0, 0.05) is 12.1 Å². The Morgan fingerprint density at radius 3 is 2.27 bits per heavy atom. The first-order chi connectivity index (χ1) is 12.6. The topological polar surface area (TPSA) is 55.1 Å². The van der Waals surface area contributed by atoms with Crippen LogP contribution in [0.4, 0.5) is 0 Å². The van der Waals surface area contributed by atoms with E-state index in [1.54, 1.807) is 0 Å². The van der Waals surface area contributed by atoms with Gasteiger partial charge >= 0.3 is 0 Å². The Bertz CT molecular complexity index is 663. The number of amides is 1. The summed E-state index contributed by atoms with van der Waals surface area (Å²) in [5.41, 5.74) is 7.66. The number of hydrogen-bond donors (Lipinski definition) is 2. The van der Waals surface area contributed by atoms with Gasteiger partial charge in [0.15, 0.2) is 0 Å². The molecule has 0 heterocycles. The van der Waals surface area contributed by atoms with E-state index in [0.717, 1.165) is 56.8 Å². The first kappa shape index (κ1) is 16.8. The van der Waals surface area contributed by atoms with Gasteiger partial charge in [-0.3, -0.25) is 4.79 Å². The summed E-state index contributed by atoms with van der Waals surface area (Å²) in [7, 11) is 0. The molecule has 0 saturated heterocycles. The summed E-state index contributed by atoms with van der Waals surface area (Å²) >= 11 is 0. The average Bonchev–Trinajstić information content (AvgIpc) is 2.63. The lowest BCUT2D eigenvalue weighted by molar-refractivity contribution is -0.150. The average molecular weight is 353 g/mol. The fraction of sp³-hybridized carbons (Fsp3) is 0.696. The van der Waals surface area contributed by atoms with E-state index in [1.165, 1.54) is 24.8 Å². The Morgan fingerprint density at radius 2 is 1.62 bits per heavy atom. The van der Waals surface area contributed by atoms with Crippen LogP contribution >= 0.6 is 0 Å². The summed E-state index contributed by atoms with van der Waals surface area (Å²) < 4.78 is 0. The fourth-order valence-electron chi connectivity index (χ4n) is 7.26. The first-order valence-electron chi connectivity index (χ1n) is 10.7. The Hall–Kier alpha value is -1.35. The van der Waals surface area contributed by atoms with E-state index in [-0.39, 0.29) is 10.8 Å². The van der Waals surface area contributed by atoms with E-state index in [4.69, 9.17) is 5.73 Å². The van der Waals surface area contributed by atoms with Crippen molar-refractivity contribution in [3.63, 3.8) is 0 Å². The van der Waals surface area contributed by atoms with Gasteiger partial charge in [0.25, 0.3) is 0 Å². The molecule has 0 spiro atoms. The third-order valence-corrected chi connectivity index (χ3v) is 8.04. The Morgan fingerprint density at radius 1 is 0.962 bits per heavy atom. The molecule has 3 heteroatoms. The van der Waals surface area contributed by atoms with Gasteiger partial charge < -0.3 is 11.1 Å². The van der Waals surface area contributed by atoms with Crippen LogP contribution < -0.4 is 11.1 Å². The molecule has 5 aliphatic rings. The molecule has 0 aliphatic heterocycles. The number of nitrogens with one attached hydrogen (secondary N) is 1. The third kappa shape index (κ3) is 2.70. The smallest absolute Gasteiger partial charge is 0.226 e. The number of hydrogen-bond acceptors (Lipinski definition) is 2. The van der Waals surface area contributed by atoms with Gasteiger partial charge in [-0.1, -0.05) is 30.3 Å². The molecule has 3 N–H and O–H groups in total.